The van der Waals surface area contributed by atoms with Crippen molar-refractivity contribution in [3.63, 3.8) is 0 Å². The van der Waals surface area contributed by atoms with E-state index in [4.69, 9.17) is 9.47 Å². The molecule has 6 nitrogen and oxygen atoms in total. The molecule has 0 fully saturated rings. The van der Waals surface area contributed by atoms with Crippen molar-refractivity contribution in [2.45, 2.75) is 13.3 Å². The van der Waals surface area contributed by atoms with E-state index in [1.807, 2.05) is 48.5 Å². The van der Waals surface area contributed by atoms with Gasteiger partial charge in [-0.05, 0) is 48.4 Å². The van der Waals surface area contributed by atoms with Gasteiger partial charge in [-0.1, -0.05) is 48.5 Å². The number of hydrogen-bond donors (Lipinski definition) is 1. The van der Waals surface area contributed by atoms with E-state index in [0.717, 1.165) is 11.1 Å². The molecule has 0 saturated carbocycles. The number of para-hydroxylation sites is 1. The lowest BCUT2D eigenvalue weighted by Crippen LogP contribution is -2.23. The first-order valence-electron chi connectivity index (χ1n) is 9.82. The summed E-state index contributed by atoms with van der Waals surface area (Å²) in [7, 11) is 0. The van der Waals surface area contributed by atoms with Crippen LogP contribution < -0.4 is 10.1 Å². The molecule has 0 saturated heterocycles. The van der Waals surface area contributed by atoms with Gasteiger partial charge < -0.3 is 14.8 Å². The summed E-state index contributed by atoms with van der Waals surface area (Å²) in [6.45, 7) is 0.740. The quantitative estimate of drug-likeness (QED) is 0.420. The van der Waals surface area contributed by atoms with Crippen molar-refractivity contribution in [1.82, 2.24) is 0 Å². The maximum Gasteiger partial charge on any atom is 0.344 e. The molecule has 1 N–H and O–H groups in total. The number of anilines is 1. The number of Topliss-reactive ketones (excluding diaryl/α,β-unsaturated/α-hetero) is 1. The average molecular weight is 417 g/mol. The molecular formula is C25H23NO5. The van der Waals surface area contributed by atoms with Gasteiger partial charge in [-0.25, -0.2) is 4.79 Å². The van der Waals surface area contributed by atoms with Crippen LogP contribution in [0, 0.1) is 0 Å². The number of benzene rings is 3. The molecule has 1 amide bonds. The molecule has 0 bridgehead atoms. The Kier molecular flexibility index (Phi) is 7.54. The Morgan fingerprint density at radius 1 is 0.806 bits per heavy atom. The van der Waals surface area contributed by atoms with Gasteiger partial charge >= 0.3 is 5.97 Å². The van der Waals surface area contributed by atoms with Gasteiger partial charge in [-0.3, -0.25) is 9.59 Å². The van der Waals surface area contributed by atoms with Crippen molar-refractivity contribution in [3.8, 4) is 5.75 Å². The minimum atomic E-state index is -0.642. The summed E-state index contributed by atoms with van der Waals surface area (Å²) < 4.78 is 10.6. The number of carbonyl (C=O) groups is 3. The maximum absolute atomic E-state index is 12.0. The zero-order valence-electron chi connectivity index (χ0n) is 17.2. The van der Waals surface area contributed by atoms with Crippen molar-refractivity contribution in [3.05, 3.63) is 95.6 Å². The molecule has 0 aliphatic rings. The molecule has 0 aromatic heterocycles. The third-order valence-electron chi connectivity index (χ3n) is 4.49. The molecule has 0 spiro atoms. The van der Waals surface area contributed by atoms with Crippen LogP contribution in [-0.4, -0.2) is 30.9 Å². The predicted molar refractivity (Wildman–Crippen MR) is 117 cm³/mol. The highest BCUT2D eigenvalue weighted by molar-refractivity contribution is 5.96. The maximum atomic E-state index is 12.0. The van der Waals surface area contributed by atoms with Crippen molar-refractivity contribution in [2.75, 3.05) is 18.5 Å². The Morgan fingerprint density at radius 3 is 2.19 bits per heavy atom. The van der Waals surface area contributed by atoms with Crippen molar-refractivity contribution < 1.29 is 23.9 Å². The first-order valence-corrected chi connectivity index (χ1v) is 9.82. The molecule has 31 heavy (non-hydrogen) atoms. The van der Waals surface area contributed by atoms with Gasteiger partial charge in [0.05, 0.1) is 0 Å². The zero-order valence-corrected chi connectivity index (χ0v) is 17.2. The van der Waals surface area contributed by atoms with Crippen molar-refractivity contribution in [2.24, 2.45) is 0 Å². The molecular weight excluding hydrogens is 394 g/mol. The average Bonchev–Trinajstić information content (AvgIpc) is 2.78. The molecule has 0 aliphatic heterocycles. The van der Waals surface area contributed by atoms with E-state index >= 15 is 0 Å². The van der Waals surface area contributed by atoms with E-state index in [2.05, 4.69) is 5.32 Å². The van der Waals surface area contributed by atoms with Crippen LogP contribution in [0.2, 0.25) is 0 Å². The molecule has 0 radical (unpaired) electrons. The van der Waals surface area contributed by atoms with E-state index in [1.54, 1.807) is 30.3 Å². The minimum absolute atomic E-state index is 0.0582. The lowest BCUT2D eigenvalue weighted by atomic mass is 10.0. The molecule has 3 aromatic rings. The molecule has 6 heteroatoms. The van der Waals surface area contributed by atoms with Crippen molar-refractivity contribution in [1.29, 1.82) is 0 Å². The van der Waals surface area contributed by atoms with E-state index in [9.17, 15) is 14.4 Å². The van der Waals surface area contributed by atoms with Crippen LogP contribution in [0.15, 0.2) is 78.9 Å². The van der Waals surface area contributed by atoms with Crippen LogP contribution in [0.5, 0.6) is 5.75 Å². The van der Waals surface area contributed by atoms with Crippen LogP contribution in [0.1, 0.15) is 28.4 Å². The Morgan fingerprint density at radius 2 is 1.48 bits per heavy atom. The Balaban J connectivity index is 1.46. The molecule has 0 aliphatic carbocycles. The predicted octanol–water partition coefficient (Wildman–Crippen LogP) is 4.04. The van der Waals surface area contributed by atoms with Crippen LogP contribution in [0.25, 0.3) is 0 Å². The second-order valence-corrected chi connectivity index (χ2v) is 6.90. The highest BCUT2D eigenvalue weighted by Gasteiger charge is 2.11. The number of ether oxygens (including phenoxy) is 2. The number of esters is 1. The number of carbonyl (C=O) groups excluding carboxylic acids is 3. The SMILES string of the molecule is CC(=O)c1ccc(NC(=O)COC(=O)COc2ccccc2Cc2ccccc2)cc1. The van der Waals surface area contributed by atoms with E-state index < -0.39 is 18.5 Å². The molecule has 3 aromatic carbocycles. The van der Waals surface area contributed by atoms with Gasteiger partial charge in [0.1, 0.15) is 5.75 Å². The van der Waals surface area contributed by atoms with E-state index in [0.29, 0.717) is 23.4 Å². The second-order valence-electron chi connectivity index (χ2n) is 6.90. The van der Waals surface area contributed by atoms with Crippen LogP contribution in [0.4, 0.5) is 5.69 Å². The monoisotopic (exact) mass is 417 g/mol. The fourth-order valence-electron chi connectivity index (χ4n) is 2.92. The summed E-state index contributed by atoms with van der Waals surface area (Å²) in [5, 5.41) is 2.61. The summed E-state index contributed by atoms with van der Waals surface area (Å²) in [6, 6.07) is 23.9. The summed E-state index contributed by atoms with van der Waals surface area (Å²) >= 11 is 0. The molecule has 158 valence electrons. The number of rotatable bonds is 9. The number of hydrogen-bond acceptors (Lipinski definition) is 5. The van der Waals surface area contributed by atoms with Gasteiger partial charge in [0.2, 0.25) is 0 Å². The fourth-order valence-corrected chi connectivity index (χ4v) is 2.92. The van der Waals surface area contributed by atoms with Crippen LogP contribution in [-0.2, 0) is 20.7 Å². The lowest BCUT2D eigenvalue weighted by Gasteiger charge is -2.11. The van der Waals surface area contributed by atoms with Gasteiger partial charge in [0.15, 0.2) is 19.0 Å². The Bertz CT molecular complexity index is 1050. The normalized spacial score (nSPS) is 10.2. The summed E-state index contributed by atoms with van der Waals surface area (Å²) in [5.74, 6) is -0.583. The first kappa shape index (κ1) is 21.8. The highest BCUT2D eigenvalue weighted by atomic mass is 16.6. The van der Waals surface area contributed by atoms with E-state index in [-0.39, 0.29) is 12.4 Å². The van der Waals surface area contributed by atoms with Crippen molar-refractivity contribution >= 4 is 23.3 Å². The summed E-state index contributed by atoms with van der Waals surface area (Å²) in [4.78, 5) is 35.2. The highest BCUT2D eigenvalue weighted by Crippen LogP contribution is 2.21. The van der Waals surface area contributed by atoms with E-state index in [1.165, 1.54) is 6.92 Å². The minimum Gasteiger partial charge on any atom is -0.482 e. The Hall–Kier alpha value is -3.93. The third-order valence-corrected chi connectivity index (χ3v) is 4.49. The van der Waals surface area contributed by atoms with Crippen LogP contribution in [0.3, 0.4) is 0 Å². The molecule has 0 heterocycles. The fraction of sp³-hybridized carbons (Fsp3) is 0.160. The lowest BCUT2D eigenvalue weighted by molar-refractivity contribution is -0.149. The first-order chi connectivity index (χ1) is 15.0. The van der Waals surface area contributed by atoms with Gasteiger partial charge in [0.25, 0.3) is 5.91 Å². The molecule has 0 unspecified atom stereocenters. The standard InChI is InChI=1S/C25H23NO5/c1-18(27)20-11-13-22(14-12-20)26-24(28)16-31-25(29)17-30-23-10-6-5-9-21(23)15-19-7-3-2-4-8-19/h2-14H,15-17H2,1H3,(H,26,28). The third kappa shape index (κ3) is 6.82. The second kappa shape index (κ2) is 10.7. The van der Waals surface area contributed by atoms with Crippen LogP contribution >= 0.6 is 0 Å². The summed E-state index contributed by atoms with van der Waals surface area (Å²) in [6.07, 6.45) is 0.677. The topological polar surface area (TPSA) is 81.7 Å². The van der Waals surface area contributed by atoms with Gasteiger partial charge in [0, 0.05) is 17.7 Å². The molecule has 3 rings (SSSR count). The number of nitrogens with one attached hydrogen (secondary N) is 1. The van der Waals surface area contributed by atoms with Gasteiger partial charge in [-0.15, -0.1) is 0 Å². The Labute approximate surface area is 180 Å². The number of ketones is 1. The molecule has 0 atom stereocenters. The smallest absolute Gasteiger partial charge is 0.344 e. The largest absolute Gasteiger partial charge is 0.482 e. The number of amides is 1. The summed E-state index contributed by atoms with van der Waals surface area (Å²) in [5.41, 5.74) is 3.15. The van der Waals surface area contributed by atoms with Gasteiger partial charge in [-0.2, -0.15) is 0 Å². The zero-order chi connectivity index (χ0) is 22.1.